The lowest BCUT2D eigenvalue weighted by molar-refractivity contribution is -0.142. The Morgan fingerprint density at radius 3 is 2.87 bits per heavy atom. The van der Waals surface area contributed by atoms with E-state index in [1.165, 1.54) is 23.1 Å². The van der Waals surface area contributed by atoms with Crippen molar-refractivity contribution in [2.45, 2.75) is 36.8 Å². The number of hydrogen-bond donors (Lipinski definition) is 0. The van der Waals surface area contributed by atoms with Crippen molar-refractivity contribution in [1.29, 1.82) is 0 Å². The lowest BCUT2D eigenvalue weighted by Gasteiger charge is -2.07. The van der Waals surface area contributed by atoms with Crippen LogP contribution in [0.15, 0.2) is 4.34 Å². The quantitative estimate of drug-likeness (QED) is 0.589. The molecular formula is C9H14N2O2S2. The molecule has 0 spiro atoms. The largest absolute Gasteiger partial charge is 0.465 e. The van der Waals surface area contributed by atoms with Crippen LogP contribution in [-0.2, 0) is 9.53 Å². The first kappa shape index (κ1) is 12.4. The van der Waals surface area contributed by atoms with Crippen LogP contribution in [0, 0.1) is 6.92 Å². The zero-order chi connectivity index (χ0) is 11.3. The maximum absolute atomic E-state index is 11.4. The summed E-state index contributed by atoms with van der Waals surface area (Å²) in [6.45, 7) is 6.17. The molecule has 0 N–H and O–H groups in total. The van der Waals surface area contributed by atoms with E-state index < -0.39 is 0 Å². The van der Waals surface area contributed by atoms with Gasteiger partial charge < -0.3 is 4.74 Å². The molecular weight excluding hydrogens is 232 g/mol. The Balaban J connectivity index is 2.41. The lowest BCUT2D eigenvalue weighted by Crippen LogP contribution is -2.17. The molecule has 0 saturated carbocycles. The summed E-state index contributed by atoms with van der Waals surface area (Å²) in [7, 11) is 0. The minimum atomic E-state index is -0.219. The van der Waals surface area contributed by atoms with Gasteiger partial charge in [0, 0.05) is 0 Å². The molecule has 1 rings (SSSR count). The van der Waals surface area contributed by atoms with Crippen molar-refractivity contribution in [2.24, 2.45) is 0 Å². The number of aryl methyl sites for hydroxylation is 1. The molecule has 1 aromatic rings. The zero-order valence-corrected chi connectivity index (χ0v) is 10.7. The second kappa shape index (κ2) is 6.07. The summed E-state index contributed by atoms with van der Waals surface area (Å²) in [6, 6.07) is 0. The van der Waals surface area contributed by atoms with E-state index in [1.807, 2.05) is 20.8 Å². The van der Waals surface area contributed by atoms with E-state index in [2.05, 4.69) is 10.2 Å². The van der Waals surface area contributed by atoms with Gasteiger partial charge >= 0.3 is 5.97 Å². The van der Waals surface area contributed by atoms with Gasteiger partial charge in [-0.05, 0) is 20.3 Å². The fraction of sp³-hybridized carbons (Fsp3) is 0.667. The third-order valence-corrected chi connectivity index (χ3v) is 3.57. The number of rotatable bonds is 5. The first-order valence-corrected chi connectivity index (χ1v) is 6.46. The topological polar surface area (TPSA) is 52.1 Å². The monoisotopic (exact) mass is 246 g/mol. The molecule has 1 atom stereocenters. The average Bonchev–Trinajstić information content (AvgIpc) is 2.60. The summed E-state index contributed by atoms with van der Waals surface area (Å²) >= 11 is 2.88. The minimum Gasteiger partial charge on any atom is -0.465 e. The van der Waals surface area contributed by atoms with Gasteiger partial charge in [-0.1, -0.05) is 30.0 Å². The molecule has 0 aliphatic carbocycles. The van der Waals surface area contributed by atoms with Crippen LogP contribution in [0.25, 0.3) is 0 Å². The molecule has 0 saturated heterocycles. The number of thioether (sulfide) groups is 1. The van der Waals surface area contributed by atoms with Crippen molar-refractivity contribution in [3.8, 4) is 0 Å². The minimum absolute atomic E-state index is 0.185. The maximum Gasteiger partial charge on any atom is 0.319 e. The van der Waals surface area contributed by atoms with Gasteiger partial charge in [0.25, 0.3) is 0 Å². The highest BCUT2D eigenvalue weighted by molar-refractivity contribution is 8.02. The number of nitrogens with zero attached hydrogens (tertiary/aromatic N) is 2. The summed E-state index contributed by atoms with van der Waals surface area (Å²) in [5, 5.41) is 8.52. The third-order valence-electron chi connectivity index (χ3n) is 1.57. The molecule has 0 unspecified atom stereocenters. The van der Waals surface area contributed by atoms with Crippen LogP contribution in [0.2, 0.25) is 0 Å². The fourth-order valence-corrected chi connectivity index (χ4v) is 2.80. The van der Waals surface area contributed by atoms with E-state index in [-0.39, 0.29) is 11.2 Å². The molecule has 0 radical (unpaired) electrons. The van der Waals surface area contributed by atoms with Crippen LogP contribution in [-0.4, -0.2) is 28.0 Å². The number of ether oxygens (including phenoxy) is 1. The molecule has 15 heavy (non-hydrogen) atoms. The van der Waals surface area contributed by atoms with E-state index in [4.69, 9.17) is 4.74 Å². The maximum atomic E-state index is 11.4. The van der Waals surface area contributed by atoms with Crippen molar-refractivity contribution in [3.05, 3.63) is 5.01 Å². The van der Waals surface area contributed by atoms with Crippen molar-refractivity contribution >= 4 is 29.1 Å². The van der Waals surface area contributed by atoms with Gasteiger partial charge in [0.15, 0.2) is 4.34 Å². The fourth-order valence-electron chi connectivity index (χ4n) is 0.845. The van der Waals surface area contributed by atoms with Gasteiger partial charge in [-0.3, -0.25) is 4.79 Å². The smallest absolute Gasteiger partial charge is 0.319 e. The number of carbonyl (C=O) groups excluding carboxylic acids is 1. The summed E-state index contributed by atoms with van der Waals surface area (Å²) < 4.78 is 5.84. The Hall–Kier alpha value is -0.620. The van der Waals surface area contributed by atoms with Gasteiger partial charge in [0.05, 0.1) is 6.61 Å². The predicted molar refractivity (Wildman–Crippen MR) is 61.2 cm³/mol. The summed E-state index contributed by atoms with van der Waals surface area (Å²) in [6.07, 6.45) is 0.848. The molecule has 0 bridgehead atoms. The van der Waals surface area contributed by atoms with Crippen LogP contribution in [0.4, 0.5) is 0 Å². The molecule has 1 aromatic heterocycles. The molecule has 0 fully saturated rings. The van der Waals surface area contributed by atoms with Crippen molar-refractivity contribution in [1.82, 2.24) is 10.2 Å². The van der Waals surface area contributed by atoms with E-state index in [9.17, 15) is 4.79 Å². The van der Waals surface area contributed by atoms with Gasteiger partial charge in [0.1, 0.15) is 10.3 Å². The first-order valence-electron chi connectivity index (χ1n) is 4.77. The summed E-state index contributed by atoms with van der Waals surface area (Å²) in [4.78, 5) is 11.4. The van der Waals surface area contributed by atoms with E-state index >= 15 is 0 Å². The Morgan fingerprint density at radius 2 is 2.33 bits per heavy atom. The zero-order valence-electron chi connectivity index (χ0n) is 9.02. The highest BCUT2D eigenvalue weighted by atomic mass is 32.2. The Morgan fingerprint density at radius 1 is 1.60 bits per heavy atom. The van der Waals surface area contributed by atoms with Gasteiger partial charge in [-0.15, -0.1) is 10.2 Å². The predicted octanol–water partition coefficient (Wildman–Crippen LogP) is 2.28. The Labute approximate surface area is 97.4 Å². The van der Waals surface area contributed by atoms with Gasteiger partial charge in [0.2, 0.25) is 0 Å². The first-order chi connectivity index (χ1) is 7.13. The average molecular weight is 246 g/mol. The lowest BCUT2D eigenvalue weighted by atomic mass is 10.5. The van der Waals surface area contributed by atoms with Crippen molar-refractivity contribution < 1.29 is 9.53 Å². The van der Waals surface area contributed by atoms with Crippen LogP contribution < -0.4 is 0 Å². The standard InChI is InChI=1S/C9H14N2O2S2/c1-4-5-13-8(12)6(2)14-9-11-10-7(3)15-9/h6H,4-5H2,1-3H3/t6-/m0/s1. The number of esters is 1. The van der Waals surface area contributed by atoms with Gasteiger partial charge in [-0.25, -0.2) is 0 Å². The second-order valence-corrected chi connectivity index (χ2v) is 5.78. The van der Waals surface area contributed by atoms with Crippen molar-refractivity contribution in [3.63, 3.8) is 0 Å². The molecule has 0 aliphatic heterocycles. The second-order valence-electron chi connectivity index (χ2n) is 3.01. The Kier molecular flexibility index (Phi) is 5.04. The highest BCUT2D eigenvalue weighted by Gasteiger charge is 2.17. The van der Waals surface area contributed by atoms with E-state index in [0.717, 1.165) is 15.8 Å². The molecule has 0 aliphatic rings. The molecule has 1 heterocycles. The van der Waals surface area contributed by atoms with Crippen LogP contribution >= 0.6 is 23.1 Å². The number of carbonyl (C=O) groups is 1. The molecule has 0 aromatic carbocycles. The normalized spacial score (nSPS) is 12.5. The van der Waals surface area contributed by atoms with E-state index in [0.29, 0.717) is 6.61 Å². The van der Waals surface area contributed by atoms with Crippen LogP contribution in [0.5, 0.6) is 0 Å². The molecule has 4 nitrogen and oxygen atoms in total. The number of aromatic nitrogens is 2. The SMILES string of the molecule is CCCOC(=O)[C@H](C)Sc1nnc(C)s1. The number of hydrogen-bond acceptors (Lipinski definition) is 6. The highest BCUT2D eigenvalue weighted by Crippen LogP contribution is 2.26. The van der Waals surface area contributed by atoms with Crippen LogP contribution in [0.1, 0.15) is 25.3 Å². The van der Waals surface area contributed by atoms with Gasteiger partial charge in [-0.2, -0.15) is 0 Å². The van der Waals surface area contributed by atoms with E-state index in [1.54, 1.807) is 0 Å². The van der Waals surface area contributed by atoms with Crippen LogP contribution in [0.3, 0.4) is 0 Å². The molecule has 6 heteroatoms. The summed E-state index contributed by atoms with van der Waals surface area (Å²) in [5.41, 5.74) is 0. The van der Waals surface area contributed by atoms with Crippen molar-refractivity contribution in [2.75, 3.05) is 6.61 Å². The molecule has 84 valence electrons. The Bertz CT molecular complexity index is 328. The molecule has 0 amide bonds. The third kappa shape index (κ3) is 4.17. The summed E-state index contributed by atoms with van der Waals surface area (Å²) in [5.74, 6) is -0.185.